The summed E-state index contributed by atoms with van der Waals surface area (Å²) in [4.78, 5) is 54.4. The largest absolute Gasteiger partial charge is 0.455 e. The lowest BCUT2D eigenvalue weighted by atomic mass is 9.44. The van der Waals surface area contributed by atoms with E-state index in [2.05, 4.69) is 11.9 Å². The number of Topliss-reactive ketones (excluding diaryl/α,β-unsaturated/α-hetero) is 1. The summed E-state index contributed by atoms with van der Waals surface area (Å²) >= 11 is 0. The molecular weight excluding hydrogens is 586 g/mol. The number of hydrogen-bond donors (Lipinski definition) is 4. The predicted molar refractivity (Wildman–Crippen MR) is 158 cm³/mol. The van der Waals surface area contributed by atoms with Crippen LogP contribution < -0.4 is 5.32 Å². The maximum atomic E-state index is 15.0. The van der Waals surface area contributed by atoms with Gasteiger partial charge < -0.3 is 39.6 Å². The van der Waals surface area contributed by atoms with E-state index in [1.807, 2.05) is 0 Å². The van der Waals surface area contributed by atoms with Gasteiger partial charge in [-0.2, -0.15) is 0 Å². The molecule has 2 saturated carbocycles. The Bertz CT molecular complexity index is 1440. The zero-order valence-corrected chi connectivity index (χ0v) is 26.1. The molecule has 1 saturated heterocycles. The molecule has 3 aliphatic carbocycles. The number of hydrogen-bond acceptors (Lipinski definition) is 11. The average molecular weight is 628 g/mol. The van der Waals surface area contributed by atoms with Gasteiger partial charge in [0.1, 0.15) is 17.8 Å². The highest BCUT2D eigenvalue weighted by molar-refractivity contribution is 5.95. The van der Waals surface area contributed by atoms with Gasteiger partial charge >= 0.3 is 18.0 Å². The predicted octanol–water partition coefficient (Wildman–Crippen LogP) is 2.00. The Kier molecular flexibility index (Phi) is 8.27. The average Bonchev–Trinajstić information content (AvgIpc) is 2.98. The van der Waals surface area contributed by atoms with Crippen LogP contribution in [0.1, 0.15) is 57.8 Å². The van der Waals surface area contributed by atoms with E-state index in [4.69, 9.17) is 18.9 Å². The number of ketones is 1. The third-order valence-corrected chi connectivity index (χ3v) is 10.5. The van der Waals surface area contributed by atoms with Crippen molar-refractivity contribution in [3.05, 3.63) is 59.7 Å². The zero-order chi connectivity index (χ0) is 33.1. The van der Waals surface area contributed by atoms with Crippen molar-refractivity contribution in [2.24, 2.45) is 16.7 Å². The summed E-state index contributed by atoms with van der Waals surface area (Å²) < 4.78 is 23.7. The van der Waals surface area contributed by atoms with Gasteiger partial charge in [0.2, 0.25) is 0 Å². The van der Waals surface area contributed by atoms with Crippen molar-refractivity contribution >= 4 is 23.8 Å². The maximum Gasteiger partial charge on any atom is 0.408 e. The summed E-state index contributed by atoms with van der Waals surface area (Å²) in [6, 6.07) is 8.03. The number of ether oxygens (including phenoxy) is 4. The van der Waals surface area contributed by atoms with Crippen molar-refractivity contribution in [2.75, 3.05) is 13.2 Å². The number of benzene rings is 1. The summed E-state index contributed by atoms with van der Waals surface area (Å²) in [5.74, 6) is -3.73. The molecule has 0 radical (unpaired) electrons. The molecule has 45 heavy (non-hydrogen) atoms. The highest BCUT2D eigenvalue weighted by Gasteiger charge is 2.78. The summed E-state index contributed by atoms with van der Waals surface area (Å²) in [7, 11) is 0. The molecule has 244 valence electrons. The Labute approximate surface area is 261 Å². The molecule has 1 heterocycles. The third kappa shape index (κ3) is 4.81. The second kappa shape index (κ2) is 11.3. The Morgan fingerprint density at radius 2 is 1.80 bits per heavy atom. The van der Waals surface area contributed by atoms with Crippen LogP contribution >= 0.6 is 0 Å². The van der Waals surface area contributed by atoms with Crippen molar-refractivity contribution in [3.63, 3.8) is 0 Å². The van der Waals surface area contributed by atoms with Crippen LogP contribution in [0.3, 0.4) is 0 Å². The first-order valence-corrected chi connectivity index (χ1v) is 15.0. The van der Waals surface area contributed by atoms with Crippen LogP contribution in [-0.2, 0) is 28.5 Å². The molecular formula is C33H41NO11. The molecule has 5 rings (SSSR count). The highest BCUT2D eigenvalue weighted by atomic mass is 16.6. The van der Waals surface area contributed by atoms with Gasteiger partial charge in [-0.05, 0) is 37.1 Å². The minimum Gasteiger partial charge on any atom is -0.455 e. The molecule has 0 aromatic heterocycles. The Morgan fingerprint density at radius 3 is 2.38 bits per heavy atom. The SMILES string of the molecule is C=CCNC(=O)O[C@H]1C(=O)[C@@]2(C)[C@H]([C@H](OC(=O)c3ccccc3)[C@]3(O)C[C@H](O)C(C)=C1C3(C)C)[C@]1(OC(C)=O)CO[C@@H]1C[C@@H]2O. The summed E-state index contributed by atoms with van der Waals surface area (Å²) in [6.45, 7) is 10.8. The first-order chi connectivity index (χ1) is 21.1. The number of rotatable bonds is 6. The minimum atomic E-state index is -2.15. The second-order valence-electron chi connectivity index (χ2n) is 13.2. The van der Waals surface area contributed by atoms with Crippen LogP contribution in [0.25, 0.3) is 0 Å². The van der Waals surface area contributed by atoms with E-state index in [9.17, 15) is 29.7 Å². The number of fused-ring (bicyclic) bond motifs is 5. The van der Waals surface area contributed by atoms with Crippen LogP contribution in [0, 0.1) is 16.7 Å². The van der Waals surface area contributed by atoms with E-state index in [1.165, 1.54) is 32.1 Å². The molecule has 4 aliphatic rings. The Balaban J connectivity index is 1.80. The highest BCUT2D eigenvalue weighted by Crippen LogP contribution is 2.64. The van der Waals surface area contributed by atoms with Gasteiger partial charge in [-0.1, -0.05) is 38.1 Å². The fourth-order valence-electron chi connectivity index (χ4n) is 8.04. The summed E-state index contributed by atoms with van der Waals surface area (Å²) in [5.41, 5.74) is -6.64. The van der Waals surface area contributed by atoms with Crippen LogP contribution in [0.2, 0.25) is 0 Å². The smallest absolute Gasteiger partial charge is 0.408 e. The molecule has 1 aromatic rings. The first-order valence-electron chi connectivity index (χ1n) is 15.0. The van der Waals surface area contributed by atoms with Crippen LogP contribution in [0.4, 0.5) is 4.79 Å². The number of nitrogens with one attached hydrogen (secondary N) is 1. The fraction of sp³-hybridized carbons (Fsp3) is 0.576. The summed E-state index contributed by atoms with van der Waals surface area (Å²) in [5, 5.41) is 38.6. The molecule has 0 unspecified atom stereocenters. The van der Waals surface area contributed by atoms with Gasteiger partial charge in [-0.3, -0.25) is 9.59 Å². The minimum absolute atomic E-state index is 0.0301. The Hall–Kier alpha value is -3.58. The van der Waals surface area contributed by atoms with Gasteiger partial charge in [-0.25, -0.2) is 9.59 Å². The molecule has 1 amide bonds. The normalized spacial score (nSPS) is 38.3. The quantitative estimate of drug-likeness (QED) is 0.206. The second-order valence-corrected chi connectivity index (χ2v) is 13.2. The number of aliphatic hydroxyl groups is 3. The van der Waals surface area contributed by atoms with E-state index >= 15 is 4.79 Å². The number of esters is 2. The van der Waals surface area contributed by atoms with Crippen molar-refractivity contribution in [1.82, 2.24) is 5.32 Å². The fourth-order valence-corrected chi connectivity index (χ4v) is 8.04. The monoisotopic (exact) mass is 627 g/mol. The van der Waals surface area contributed by atoms with Gasteiger partial charge in [0, 0.05) is 31.7 Å². The Morgan fingerprint density at radius 1 is 1.13 bits per heavy atom. The maximum absolute atomic E-state index is 15.0. The van der Waals surface area contributed by atoms with Gasteiger partial charge in [0.05, 0.1) is 35.7 Å². The molecule has 1 aliphatic heterocycles. The third-order valence-electron chi connectivity index (χ3n) is 10.5. The lowest BCUT2D eigenvalue weighted by Crippen LogP contribution is -2.82. The van der Waals surface area contributed by atoms with E-state index in [0.717, 1.165) is 0 Å². The zero-order valence-electron chi connectivity index (χ0n) is 26.1. The van der Waals surface area contributed by atoms with Gasteiger partial charge in [0.25, 0.3) is 0 Å². The van der Waals surface area contributed by atoms with Crippen molar-refractivity contribution in [2.45, 2.75) is 89.2 Å². The summed E-state index contributed by atoms with van der Waals surface area (Å²) in [6.07, 6.45) is -7.08. The molecule has 1 aromatic carbocycles. The lowest BCUT2D eigenvalue weighted by Gasteiger charge is -2.67. The molecule has 3 fully saturated rings. The van der Waals surface area contributed by atoms with Gasteiger partial charge in [-0.15, -0.1) is 6.58 Å². The molecule has 4 N–H and O–H groups in total. The first kappa shape index (κ1) is 32.8. The van der Waals surface area contributed by atoms with Crippen LogP contribution in [0.15, 0.2) is 54.1 Å². The number of alkyl carbamates (subject to hydrolysis) is 1. The van der Waals surface area contributed by atoms with Crippen molar-refractivity contribution in [1.29, 1.82) is 0 Å². The van der Waals surface area contributed by atoms with Crippen molar-refractivity contribution < 1.29 is 53.4 Å². The van der Waals surface area contributed by atoms with Crippen molar-refractivity contribution in [3.8, 4) is 0 Å². The van der Waals surface area contributed by atoms with Crippen LogP contribution in [-0.4, -0.2) is 94.0 Å². The standard InChI is InChI=1S/C33H41NO11/c1-7-13-34-29(40)43-24-23-17(2)20(36)15-33(41,30(23,4)5)27(44-28(39)19-11-9-8-10-12-19)25-31(6,26(24)38)21(37)14-22-32(25,16-42-22)45-18(3)35/h7-12,20-22,24-25,27,36-37,41H,1,13-16H2,2-6H3,(H,34,40)/t20-,21-,22+,24+,25-,27-,31+,32-,33+/m0/s1. The molecule has 12 heteroatoms. The van der Waals surface area contributed by atoms with Crippen LogP contribution in [0.5, 0.6) is 0 Å². The molecule has 9 atom stereocenters. The molecule has 0 spiro atoms. The number of carbonyl (C=O) groups is 4. The van der Waals surface area contributed by atoms with E-state index in [0.29, 0.717) is 5.57 Å². The van der Waals surface area contributed by atoms with E-state index < -0.39 is 82.3 Å². The van der Waals surface area contributed by atoms with E-state index in [-0.39, 0.29) is 37.1 Å². The van der Waals surface area contributed by atoms with E-state index in [1.54, 1.807) is 39.0 Å². The van der Waals surface area contributed by atoms with Gasteiger partial charge in [0.15, 0.2) is 17.5 Å². The number of aliphatic hydroxyl groups excluding tert-OH is 2. The number of amides is 1. The topological polar surface area (TPSA) is 178 Å². The lowest BCUT2D eigenvalue weighted by molar-refractivity contribution is -0.345. The molecule has 2 bridgehead atoms. The number of carbonyl (C=O) groups excluding carboxylic acids is 4. The molecule has 12 nitrogen and oxygen atoms in total.